The molecule has 0 saturated heterocycles. The number of nitrogens with one attached hydrogen (secondary N) is 1. The van der Waals surface area contributed by atoms with Gasteiger partial charge in [0.05, 0.1) is 11.9 Å². The summed E-state index contributed by atoms with van der Waals surface area (Å²) in [6.07, 6.45) is 6.78. The Morgan fingerprint density at radius 3 is 2.85 bits per heavy atom. The van der Waals surface area contributed by atoms with Gasteiger partial charge in [-0.15, -0.1) is 11.3 Å². The highest BCUT2D eigenvalue weighted by atomic mass is 79.9. The van der Waals surface area contributed by atoms with Crippen LogP contribution in [0.3, 0.4) is 0 Å². The molecule has 3 aromatic rings. The van der Waals surface area contributed by atoms with Gasteiger partial charge in [-0.2, -0.15) is 0 Å². The molecule has 1 amide bonds. The smallest absolute Gasteiger partial charge is 0.266 e. The molecule has 3 heterocycles. The molecule has 0 saturated carbocycles. The maximum atomic E-state index is 12.0. The monoisotopic (exact) mass is 348 g/mol. The molecule has 0 fully saturated rings. The van der Waals surface area contributed by atoms with Crippen molar-refractivity contribution in [2.24, 2.45) is 0 Å². The van der Waals surface area contributed by atoms with Gasteiger partial charge in [-0.1, -0.05) is 0 Å². The zero-order valence-corrected chi connectivity index (χ0v) is 12.6. The third kappa shape index (κ3) is 2.63. The maximum absolute atomic E-state index is 12.0. The van der Waals surface area contributed by atoms with Crippen LogP contribution in [0.5, 0.6) is 0 Å². The van der Waals surface area contributed by atoms with E-state index in [-0.39, 0.29) is 5.91 Å². The van der Waals surface area contributed by atoms with Gasteiger partial charge in [0.1, 0.15) is 17.0 Å². The van der Waals surface area contributed by atoms with Gasteiger partial charge in [0.2, 0.25) is 0 Å². The summed E-state index contributed by atoms with van der Waals surface area (Å²) in [5.74, 6) is 0.599. The van der Waals surface area contributed by atoms with Gasteiger partial charge in [-0.25, -0.2) is 9.97 Å². The highest BCUT2D eigenvalue weighted by Crippen LogP contribution is 2.23. The minimum atomic E-state index is -0.149. The van der Waals surface area contributed by atoms with Gasteiger partial charge in [0.25, 0.3) is 5.91 Å². The molecule has 0 spiro atoms. The Balaban J connectivity index is 1.76. The van der Waals surface area contributed by atoms with Crippen molar-refractivity contribution in [1.82, 2.24) is 14.5 Å². The Morgan fingerprint density at radius 2 is 2.25 bits per heavy atom. The topological polar surface area (TPSA) is 59.8 Å². The van der Waals surface area contributed by atoms with Crippen molar-refractivity contribution in [3.05, 3.63) is 57.8 Å². The summed E-state index contributed by atoms with van der Waals surface area (Å²) in [6, 6.07) is 5.47. The van der Waals surface area contributed by atoms with E-state index in [0.29, 0.717) is 10.6 Å². The Labute approximate surface area is 127 Å². The molecule has 3 aromatic heterocycles. The van der Waals surface area contributed by atoms with Crippen molar-refractivity contribution < 1.29 is 4.79 Å². The quantitative estimate of drug-likeness (QED) is 0.789. The third-order valence-corrected chi connectivity index (χ3v) is 4.43. The molecule has 0 radical (unpaired) electrons. The third-order valence-electron chi connectivity index (χ3n) is 2.60. The van der Waals surface area contributed by atoms with Crippen LogP contribution in [-0.4, -0.2) is 20.4 Å². The molecule has 1 N–H and O–H groups in total. The molecule has 0 aliphatic heterocycles. The van der Waals surface area contributed by atoms with Crippen LogP contribution >= 0.6 is 27.3 Å². The lowest BCUT2D eigenvalue weighted by Gasteiger charge is -2.05. The Hall–Kier alpha value is -1.99. The summed E-state index contributed by atoms with van der Waals surface area (Å²) in [7, 11) is 0. The largest absolute Gasteiger partial charge is 0.320 e. The first-order chi connectivity index (χ1) is 9.74. The van der Waals surface area contributed by atoms with E-state index in [4.69, 9.17) is 0 Å². The van der Waals surface area contributed by atoms with Crippen molar-refractivity contribution >= 4 is 38.9 Å². The summed E-state index contributed by atoms with van der Waals surface area (Å²) in [4.78, 5) is 20.9. The van der Waals surface area contributed by atoms with Crippen LogP contribution < -0.4 is 5.32 Å². The molecule has 20 heavy (non-hydrogen) atoms. The number of imidazole rings is 1. The molecule has 7 heteroatoms. The number of aromatic nitrogens is 3. The standard InChI is InChI=1S/C13H9BrN4OS/c14-10-3-6-20-12(10)13(19)17-9-1-2-11(16-7-9)18-5-4-15-8-18/h1-8H,(H,17,19). The van der Waals surface area contributed by atoms with Crippen LogP contribution in [0.25, 0.3) is 5.82 Å². The lowest BCUT2D eigenvalue weighted by atomic mass is 10.3. The molecule has 0 aliphatic rings. The van der Waals surface area contributed by atoms with E-state index < -0.39 is 0 Å². The van der Waals surface area contributed by atoms with Crippen molar-refractivity contribution in [2.45, 2.75) is 0 Å². The first-order valence-corrected chi connectivity index (χ1v) is 7.40. The van der Waals surface area contributed by atoms with Gasteiger partial charge >= 0.3 is 0 Å². The van der Waals surface area contributed by atoms with E-state index in [1.165, 1.54) is 11.3 Å². The van der Waals surface area contributed by atoms with Crippen molar-refractivity contribution in [2.75, 3.05) is 5.32 Å². The summed E-state index contributed by atoms with van der Waals surface area (Å²) >= 11 is 4.73. The summed E-state index contributed by atoms with van der Waals surface area (Å²) in [6.45, 7) is 0. The molecule has 0 bridgehead atoms. The fraction of sp³-hybridized carbons (Fsp3) is 0. The van der Waals surface area contributed by atoms with Crippen LogP contribution in [0, 0.1) is 0 Å². The SMILES string of the molecule is O=C(Nc1ccc(-n2ccnc2)nc1)c1sccc1Br. The van der Waals surface area contributed by atoms with Gasteiger partial charge in [-0.3, -0.25) is 9.36 Å². The van der Waals surface area contributed by atoms with Gasteiger partial charge in [0, 0.05) is 16.9 Å². The molecule has 0 unspecified atom stereocenters. The first kappa shape index (κ1) is 13.0. The number of hydrogen-bond acceptors (Lipinski definition) is 4. The maximum Gasteiger partial charge on any atom is 0.266 e. The Bertz CT molecular complexity index is 721. The molecule has 0 aromatic carbocycles. The fourth-order valence-corrected chi connectivity index (χ4v) is 3.10. The minimum Gasteiger partial charge on any atom is -0.320 e. The highest BCUT2D eigenvalue weighted by molar-refractivity contribution is 9.10. The predicted molar refractivity (Wildman–Crippen MR) is 81.3 cm³/mol. The van der Waals surface area contributed by atoms with Gasteiger partial charge in [-0.05, 0) is 39.5 Å². The molecule has 100 valence electrons. The molecule has 5 nitrogen and oxygen atoms in total. The zero-order chi connectivity index (χ0) is 13.9. The van der Waals surface area contributed by atoms with E-state index >= 15 is 0 Å². The van der Waals surface area contributed by atoms with E-state index in [1.807, 2.05) is 29.8 Å². The summed E-state index contributed by atoms with van der Waals surface area (Å²) < 4.78 is 2.59. The second-order valence-electron chi connectivity index (χ2n) is 3.93. The summed E-state index contributed by atoms with van der Waals surface area (Å²) in [5, 5.41) is 4.67. The zero-order valence-electron chi connectivity index (χ0n) is 10.2. The van der Waals surface area contributed by atoms with Crippen molar-refractivity contribution in [3.63, 3.8) is 0 Å². The lowest BCUT2D eigenvalue weighted by molar-refractivity contribution is 0.103. The molecular weight excluding hydrogens is 340 g/mol. The van der Waals surface area contributed by atoms with E-state index in [2.05, 4.69) is 31.2 Å². The van der Waals surface area contributed by atoms with Crippen LogP contribution in [-0.2, 0) is 0 Å². The predicted octanol–water partition coefficient (Wildman–Crippen LogP) is 3.34. The van der Waals surface area contributed by atoms with Crippen LogP contribution in [0.4, 0.5) is 5.69 Å². The van der Waals surface area contributed by atoms with Crippen LogP contribution in [0.15, 0.2) is 53.0 Å². The van der Waals surface area contributed by atoms with Gasteiger partial charge in [0.15, 0.2) is 0 Å². The number of carbonyl (C=O) groups is 1. The number of pyridine rings is 1. The number of halogens is 1. The number of anilines is 1. The minimum absolute atomic E-state index is 0.149. The number of hydrogen-bond donors (Lipinski definition) is 1. The van der Waals surface area contributed by atoms with E-state index in [0.717, 1.165) is 10.3 Å². The average molecular weight is 349 g/mol. The molecule has 3 rings (SSSR count). The van der Waals surface area contributed by atoms with E-state index in [9.17, 15) is 4.79 Å². The average Bonchev–Trinajstić information content (AvgIpc) is 3.10. The molecule has 0 atom stereocenters. The van der Waals surface area contributed by atoms with E-state index in [1.54, 1.807) is 23.3 Å². The fourth-order valence-electron chi connectivity index (χ4n) is 1.65. The number of thiophene rings is 1. The van der Waals surface area contributed by atoms with Crippen LogP contribution in [0.2, 0.25) is 0 Å². The second-order valence-corrected chi connectivity index (χ2v) is 5.70. The Morgan fingerprint density at radius 1 is 1.35 bits per heavy atom. The van der Waals surface area contributed by atoms with Gasteiger partial charge < -0.3 is 5.32 Å². The summed E-state index contributed by atoms with van der Waals surface area (Å²) in [5.41, 5.74) is 0.652. The highest BCUT2D eigenvalue weighted by Gasteiger charge is 2.11. The van der Waals surface area contributed by atoms with Crippen molar-refractivity contribution in [3.8, 4) is 5.82 Å². The first-order valence-electron chi connectivity index (χ1n) is 5.73. The number of rotatable bonds is 3. The number of nitrogens with zero attached hydrogens (tertiary/aromatic N) is 3. The normalized spacial score (nSPS) is 10.4. The Kier molecular flexibility index (Phi) is 3.62. The van der Waals surface area contributed by atoms with Crippen LogP contribution in [0.1, 0.15) is 9.67 Å². The van der Waals surface area contributed by atoms with Crippen molar-refractivity contribution in [1.29, 1.82) is 0 Å². The lowest BCUT2D eigenvalue weighted by Crippen LogP contribution is -2.11. The molecule has 0 aliphatic carbocycles. The second kappa shape index (κ2) is 5.56. The number of carbonyl (C=O) groups excluding carboxylic acids is 1. The molecular formula is C13H9BrN4OS. The number of amides is 1.